The molecule has 0 spiro atoms. The van der Waals surface area contributed by atoms with E-state index in [0.717, 1.165) is 44.7 Å². The molecule has 0 radical (unpaired) electrons. The summed E-state index contributed by atoms with van der Waals surface area (Å²) in [5, 5.41) is 8.72. The Morgan fingerprint density at radius 2 is 1.57 bits per heavy atom. The molecule has 166 valence electrons. The van der Waals surface area contributed by atoms with E-state index in [9.17, 15) is 31.1 Å². The Morgan fingerprint density at radius 3 is 2.07 bits per heavy atom. The van der Waals surface area contributed by atoms with Gasteiger partial charge in [-0.25, -0.2) is 4.68 Å². The number of halogens is 6. The van der Waals surface area contributed by atoms with Gasteiger partial charge >= 0.3 is 12.4 Å². The first kappa shape index (κ1) is 20.0. The van der Waals surface area contributed by atoms with Crippen LogP contribution in [0.3, 0.4) is 0 Å². The van der Waals surface area contributed by atoms with Crippen LogP contribution in [0.4, 0.5) is 32.2 Å². The average Bonchev–Trinajstić information content (AvgIpc) is 3.01. The molecule has 2 heterocycles. The minimum absolute atomic E-state index is 0.269. The maximum Gasteiger partial charge on any atom is 0.410 e. The van der Waals surface area contributed by atoms with E-state index in [2.05, 4.69) is 15.7 Å². The summed E-state index contributed by atoms with van der Waals surface area (Å²) in [4.78, 5) is 13.0. The van der Waals surface area contributed by atoms with E-state index in [4.69, 9.17) is 0 Å². The average molecular weight is 436 g/mol. The van der Waals surface area contributed by atoms with Crippen LogP contribution in [0.5, 0.6) is 0 Å². The van der Waals surface area contributed by atoms with Crippen LogP contribution in [0.15, 0.2) is 6.20 Å². The van der Waals surface area contributed by atoms with Crippen molar-refractivity contribution < 1.29 is 31.1 Å². The van der Waals surface area contributed by atoms with Crippen LogP contribution < -0.4 is 10.6 Å². The monoisotopic (exact) mass is 436 g/mol. The second-order valence-corrected chi connectivity index (χ2v) is 9.54. The fourth-order valence-corrected chi connectivity index (χ4v) is 6.52. The molecule has 2 atom stereocenters. The number of hydrogen-bond donors (Lipinski definition) is 2. The molecule has 4 fully saturated rings. The number of amides is 1. The maximum atomic E-state index is 13.4. The van der Waals surface area contributed by atoms with E-state index in [1.807, 2.05) is 0 Å². The number of nitrogens with zero attached hydrogens (tertiary/aromatic N) is 2. The molecule has 1 aromatic rings. The molecule has 4 saturated carbocycles. The molecule has 2 unspecified atom stereocenters. The molecule has 30 heavy (non-hydrogen) atoms. The van der Waals surface area contributed by atoms with Gasteiger partial charge in [-0.05, 0) is 56.3 Å². The van der Waals surface area contributed by atoms with E-state index >= 15 is 0 Å². The van der Waals surface area contributed by atoms with E-state index in [1.54, 1.807) is 0 Å². The first-order valence-corrected chi connectivity index (χ1v) is 10.2. The Kier molecular flexibility index (Phi) is 4.19. The molecule has 0 saturated heterocycles. The van der Waals surface area contributed by atoms with Gasteiger partial charge in [0.15, 0.2) is 6.04 Å². The number of aromatic nitrogens is 2. The summed E-state index contributed by atoms with van der Waals surface area (Å²) in [5.74, 6) is 0.405. The molecule has 1 aromatic heterocycles. The molecular formula is C19H22F6N4O. The lowest BCUT2D eigenvalue weighted by molar-refractivity contribution is -0.192. The van der Waals surface area contributed by atoms with Crippen molar-refractivity contribution in [3.63, 3.8) is 0 Å². The van der Waals surface area contributed by atoms with Crippen LogP contribution >= 0.6 is 0 Å². The van der Waals surface area contributed by atoms with Gasteiger partial charge in [0.1, 0.15) is 17.4 Å². The highest BCUT2D eigenvalue weighted by molar-refractivity contribution is 5.99. The first-order valence-electron chi connectivity index (χ1n) is 10.2. The van der Waals surface area contributed by atoms with Gasteiger partial charge in [-0.15, -0.1) is 0 Å². The van der Waals surface area contributed by atoms with Gasteiger partial charge < -0.3 is 10.6 Å². The zero-order valence-electron chi connectivity index (χ0n) is 16.0. The summed E-state index contributed by atoms with van der Waals surface area (Å²) in [6, 6.07) is -4.85. The molecule has 2 N–H and O–H groups in total. The van der Waals surface area contributed by atoms with Gasteiger partial charge in [0, 0.05) is 12.0 Å². The second-order valence-electron chi connectivity index (χ2n) is 9.54. The van der Waals surface area contributed by atoms with Crippen LogP contribution in [0.1, 0.15) is 61.3 Å². The van der Waals surface area contributed by atoms with Gasteiger partial charge in [-0.1, -0.05) is 0 Å². The number of nitrogens with one attached hydrogen (secondary N) is 2. The van der Waals surface area contributed by atoms with Crippen LogP contribution in [0, 0.1) is 17.8 Å². The zero-order chi connectivity index (χ0) is 21.5. The third-order valence-corrected chi connectivity index (χ3v) is 7.30. The van der Waals surface area contributed by atoms with Crippen LogP contribution in [0.2, 0.25) is 0 Å². The van der Waals surface area contributed by atoms with Crippen molar-refractivity contribution in [2.24, 2.45) is 17.8 Å². The molecule has 4 aliphatic carbocycles. The lowest BCUT2D eigenvalue weighted by Crippen LogP contribution is -2.59. The van der Waals surface area contributed by atoms with Crippen molar-refractivity contribution in [3.05, 3.63) is 11.8 Å². The molecule has 6 rings (SSSR count). The predicted octanol–water partition coefficient (Wildman–Crippen LogP) is 4.43. The number of fused-ring (bicyclic) bond motifs is 1. The zero-order valence-corrected chi connectivity index (χ0v) is 16.0. The quantitative estimate of drug-likeness (QED) is 0.675. The summed E-state index contributed by atoms with van der Waals surface area (Å²) >= 11 is 0. The Labute approximate surface area is 168 Å². The second kappa shape index (κ2) is 6.29. The summed E-state index contributed by atoms with van der Waals surface area (Å²) in [6.45, 7) is 0. The molecule has 5 nitrogen and oxygen atoms in total. The molecular weight excluding hydrogens is 414 g/mol. The fourth-order valence-electron chi connectivity index (χ4n) is 6.52. The summed E-state index contributed by atoms with van der Waals surface area (Å²) < 4.78 is 80.5. The fraction of sp³-hybridized carbons (Fsp3) is 0.789. The maximum absolute atomic E-state index is 13.4. The molecule has 11 heteroatoms. The highest BCUT2D eigenvalue weighted by Crippen LogP contribution is 2.55. The minimum Gasteiger partial charge on any atom is -0.358 e. The predicted molar refractivity (Wildman–Crippen MR) is 93.8 cm³/mol. The van der Waals surface area contributed by atoms with E-state index in [0.29, 0.717) is 22.4 Å². The number of carbonyl (C=O) groups excluding carboxylic acids is 1. The third-order valence-electron chi connectivity index (χ3n) is 7.30. The van der Waals surface area contributed by atoms with Crippen molar-refractivity contribution in [1.29, 1.82) is 0 Å². The van der Waals surface area contributed by atoms with Gasteiger partial charge in [-0.3, -0.25) is 4.79 Å². The van der Waals surface area contributed by atoms with Crippen LogP contribution in [-0.4, -0.2) is 39.6 Å². The van der Waals surface area contributed by atoms with Crippen molar-refractivity contribution in [1.82, 2.24) is 15.1 Å². The number of anilines is 1. The Morgan fingerprint density at radius 1 is 1.00 bits per heavy atom. The number of rotatable bonds is 2. The van der Waals surface area contributed by atoms with Gasteiger partial charge in [0.25, 0.3) is 5.91 Å². The van der Waals surface area contributed by atoms with Crippen molar-refractivity contribution in [2.45, 2.75) is 74.9 Å². The number of carbonyl (C=O) groups is 1. The van der Waals surface area contributed by atoms with Crippen LogP contribution in [0.25, 0.3) is 0 Å². The topological polar surface area (TPSA) is 59.0 Å². The van der Waals surface area contributed by atoms with E-state index < -0.39 is 48.1 Å². The Bertz CT molecular complexity index is 825. The lowest BCUT2D eigenvalue weighted by Gasteiger charge is -2.56. The van der Waals surface area contributed by atoms with Crippen molar-refractivity contribution in [3.8, 4) is 0 Å². The molecule has 1 amide bonds. The van der Waals surface area contributed by atoms with Gasteiger partial charge in [-0.2, -0.15) is 31.4 Å². The van der Waals surface area contributed by atoms with Crippen molar-refractivity contribution in [2.75, 3.05) is 5.32 Å². The van der Waals surface area contributed by atoms with E-state index in [-0.39, 0.29) is 5.56 Å². The smallest absolute Gasteiger partial charge is 0.358 e. The summed E-state index contributed by atoms with van der Waals surface area (Å²) in [7, 11) is 0. The first-order chi connectivity index (χ1) is 13.9. The van der Waals surface area contributed by atoms with Gasteiger partial charge in [0.05, 0.1) is 6.20 Å². The summed E-state index contributed by atoms with van der Waals surface area (Å²) in [5.41, 5.74) is -0.684. The molecule has 5 aliphatic rings. The minimum atomic E-state index is -4.92. The highest BCUT2D eigenvalue weighted by Gasteiger charge is 2.54. The normalized spacial score (nSPS) is 37.6. The molecule has 4 bridgehead atoms. The molecule has 0 aromatic carbocycles. The lowest BCUT2D eigenvalue weighted by atomic mass is 9.53. The standard InChI is InChI=1S/C19H22F6N4O/c20-18(21,22)13-4-14(19(23,24)25)29-15(27-13)12(8-26-29)16(30)28-17-5-9-1-10(6-17)3-11(2-9)7-17/h8-11,13-14,27H,1-7H2,(H,28,30). The largest absolute Gasteiger partial charge is 0.410 e. The summed E-state index contributed by atoms with van der Waals surface area (Å²) in [6.07, 6.45) is -4.21. The van der Waals surface area contributed by atoms with Gasteiger partial charge in [0.2, 0.25) is 0 Å². The van der Waals surface area contributed by atoms with Crippen LogP contribution in [-0.2, 0) is 0 Å². The van der Waals surface area contributed by atoms with Crippen molar-refractivity contribution >= 4 is 11.7 Å². The third kappa shape index (κ3) is 3.24. The Hall–Kier alpha value is -1.94. The number of alkyl halides is 6. The van der Waals surface area contributed by atoms with E-state index in [1.165, 1.54) is 0 Å². The SMILES string of the molecule is O=C(NC12CC3CC(CC(C3)C1)C2)c1cnn2c1NC(C(F)(F)F)CC2C(F)(F)F. The Balaban J connectivity index is 1.44. The number of hydrogen-bond acceptors (Lipinski definition) is 3. The highest BCUT2D eigenvalue weighted by atomic mass is 19.4. The molecule has 1 aliphatic heterocycles.